The molecule has 0 saturated carbocycles. The van der Waals surface area contributed by atoms with Crippen LogP contribution in [0.4, 0.5) is 5.69 Å². The van der Waals surface area contributed by atoms with Crippen LogP contribution in [0.2, 0.25) is 0 Å². The van der Waals surface area contributed by atoms with Crippen molar-refractivity contribution in [1.29, 1.82) is 0 Å². The Balaban J connectivity index is 2.17. The number of benzene rings is 2. The zero-order valence-electron chi connectivity index (χ0n) is 14.7. The molecule has 0 aliphatic heterocycles. The van der Waals surface area contributed by atoms with Crippen molar-refractivity contribution in [2.45, 2.75) is 26.3 Å². The maximum absolute atomic E-state index is 12.5. The van der Waals surface area contributed by atoms with Gasteiger partial charge in [-0.3, -0.25) is 14.5 Å². The van der Waals surface area contributed by atoms with E-state index in [-0.39, 0.29) is 12.5 Å². The van der Waals surface area contributed by atoms with Crippen LogP contribution < -0.4 is 11.1 Å². The number of nitrogens with zero attached hydrogens (tertiary/aromatic N) is 1. The molecule has 132 valence electrons. The van der Waals surface area contributed by atoms with Crippen molar-refractivity contribution in [1.82, 2.24) is 4.90 Å². The van der Waals surface area contributed by atoms with E-state index in [4.69, 9.17) is 5.73 Å². The lowest BCUT2D eigenvalue weighted by Gasteiger charge is -2.29. The molecule has 5 nitrogen and oxygen atoms in total. The summed E-state index contributed by atoms with van der Waals surface area (Å²) in [6, 6.07) is 16.3. The van der Waals surface area contributed by atoms with Crippen molar-refractivity contribution in [3.05, 3.63) is 65.7 Å². The first kappa shape index (κ1) is 18.7. The molecule has 2 rings (SSSR count). The molecule has 2 amide bonds. The molecule has 2 aromatic carbocycles. The lowest BCUT2D eigenvalue weighted by molar-refractivity contribution is -0.125. The van der Waals surface area contributed by atoms with Gasteiger partial charge in [-0.05, 0) is 37.1 Å². The zero-order chi connectivity index (χ0) is 18.2. The smallest absolute Gasteiger partial charge is 0.239 e. The second-order valence-corrected chi connectivity index (χ2v) is 6.05. The van der Waals surface area contributed by atoms with Crippen LogP contribution in [0.15, 0.2) is 54.6 Å². The van der Waals surface area contributed by atoms with Crippen LogP contribution in [0.5, 0.6) is 0 Å². The van der Waals surface area contributed by atoms with Crippen molar-refractivity contribution in [2.75, 3.05) is 18.4 Å². The summed E-state index contributed by atoms with van der Waals surface area (Å²) in [5.41, 5.74) is 8.21. The standard InChI is InChI=1S/C20H25N3O2/c1-3-13-23(19(20(21)25)16-10-5-4-6-11-16)14-18(24)22-17-12-8-7-9-15(17)2/h4-12,19H,3,13-14H2,1-2H3,(H2,21,25)(H,22,24)/t19-/m0/s1. The zero-order valence-corrected chi connectivity index (χ0v) is 14.7. The second-order valence-electron chi connectivity index (χ2n) is 6.05. The van der Waals surface area contributed by atoms with Gasteiger partial charge >= 0.3 is 0 Å². The van der Waals surface area contributed by atoms with Crippen LogP contribution in [-0.4, -0.2) is 29.8 Å². The molecule has 0 fully saturated rings. The maximum Gasteiger partial charge on any atom is 0.239 e. The fraction of sp³-hybridized carbons (Fsp3) is 0.300. The molecular weight excluding hydrogens is 314 g/mol. The Labute approximate surface area is 148 Å². The Morgan fingerprint density at radius 2 is 1.72 bits per heavy atom. The van der Waals surface area contributed by atoms with Crippen molar-refractivity contribution in [3.63, 3.8) is 0 Å². The summed E-state index contributed by atoms with van der Waals surface area (Å²) in [4.78, 5) is 26.4. The lowest BCUT2D eigenvalue weighted by Crippen LogP contribution is -2.42. The topological polar surface area (TPSA) is 75.4 Å². The highest BCUT2D eigenvalue weighted by molar-refractivity contribution is 5.93. The van der Waals surface area contributed by atoms with Gasteiger partial charge < -0.3 is 11.1 Å². The highest BCUT2D eigenvalue weighted by Gasteiger charge is 2.26. The number of primary amides is 1. The number of amides is 2. The van der Waals surface area contributed by atoms with E-state index >= 15 is 0 Å². The van der Waals surface area contributed by atoms with Crippen LogP contribution in [0.25, 0.3) is 0 Å². The van der Waals surface area contributed by atoms with E-state index in [9.17, 15) is 9.59 Å². The molecule has 5 heteroatoms. The minimum Gasteiger partial charge on any atom is -0.368 e. The minimum absolute atomic E-state index is 0.102. The van der Waals surface area contributed by atoms with E-state index in [1.165, 1.54) is 0 Å². The third kappa shape index (κ3) is 5.16. The molecule has 0 aliphatic carbocycles. The largest absolute Gasteiger partial charge is 0.368 e. The summed E-state index contributed by atoms with van der Waals surface area (Å²) in [5.74, 6) is -0.617. The Hall–Kier alpha value is -2.66. The lowest BCUT2D eigenvalue weighted by atomic mass is 10.0. The van der Waals surface area contributed by atoms with E-state index in [1.54, 1.807) is 0 Å². The van der Waals surface area contributed by atoms with Gasteiger partial charge in [-0.2, -0.15) is 0 Å². The number of nitrogens with two attached hydrogens (primary N) is 1. The predicted octanol–water partition coefficient (Wildman–Crippen LogP) is 2.87. The summed E-state index contributed by atoms with van der Waals surface area (Å²) in [6.07, 6.45) is 0.814. The molecule has 3 N–H and O–H groups in total. The molecule has 0 saturated heterocycles. The SMILES string of the molecule is CCCN(CC(=O)Nc1ccccc1C)[C@H](C(N)=O)c1ccccc1. The molecule has 0 bridgehead atoms. The Bertz CT molecular complexity index is 716. The Morgan fingerprint density at radius 3 is 2.32 bits per heavy atom. The minimum atomic E-state index is -0.622. The Morgan fingerprint density at radius 1 is 1.08 bits per heavy atom. The number of para-hydroxylation sites is 1. The number of hydrogen-bond acceptors (Lipinski definition) is 3. The van der Waals surface area contributed by atoms with E-state index < -0.39 is 11.9 Å². The first-order chi connectivity index (χ1) is 12.0. The summed E-state index contributed by atoms with van der Waals surface area (Å²) in [5, 5.41) is 2.91. The molecule has 0 aromatic heterocycles. The van der Waals surface area contributed by atoms with E-state index in [0.717, 1.165) is 23.2 Å². The molecule has 0 radical (unpaired) electrons. The van der Waals surface area contributed by atoms with Gasteiger partial charge in [0.25, 0.3) is 0 Å². The predicted molar refractivity (Wildman–Crippen MR) is 100 cm³/mol. The van der Waals surface area contributed by atoms with Crippen LogP contribution in [-0.2, 0) is 9.59 Å². The average Bonchev–Trinajstić information content (AvgIpc) is 2.58. The van der Waals surface area contributed by atoms with Crippen molar-refractivity contribution in [3.8, 4) is 0 Å². The first-order valence-electron chi connectivity index (χ1n) is 8.46. The number of carbonyl (C=O) groups is 2. The van der Waals surface area contributed by atoms with E-state index in [0.29, 0.717) is 6.54 Å². The number of nitrogens with one attached hydrogen (secondary N) is 1. The van der Waals surface area contributed by atoms with Crippen LogP contribution in [0.1, 0.15) is 30.5 Å². The first-order valence-corrected chi connectivity index (χ1v) is 8.46. The molecule has 1 atom stereocenters. The molecule has 0 spiro atoms. The monoisotopic (exact) mass is 339 g/mol. The summed E-state index contributed by atoms with van der Waals surface area (Å²) in [7, 11) is 0. The van der Waals surface area contributed by atoms with Crippen molar-refractivity contribution >= 4 is 17.5 Å². The Kier molecular flexibility index (Phi) is 6.71. The number of rotatable bonds is 8. The number of hydrogen-bond donors (Lipinski definition) is 2. The number of anilines is 1. The quantitative estimate of drug-likeness (QED) is 0.776. The van der Waals surface area contributed by atoms with E-state index in [1.807, 2.05) is 73.3 Å². The number of carbonyl (C=O) groups excluding carboxylic acids is 2. The molecule has 2 aromatic rings. The molecular formula is C20H25N3O2. The maximum atomic E-state index is 12.5. The normalized spacial score (nSPS) is 12.0. The van der Waals surface area contributed by atoms with Crippen molar-refractivity contribution < 1.29 is 9.59 Å². The van der Waals surface area contributed by atoms with Gasteiger partial charge in [0.1, 0.15) is 6.04 Å². The van der Waals surface area contributed by atoms with Crippen molar-refractivity contribution in [2.24, 2.45) is 5.73 Å². The van der Waals surface area contributed by atoms with Gasteiger partial charge in [0, 0.05) is 5.69 Å². The fourth-order valence-electron chi connectivity index (χ4n) is 2.86. The molecule has 0 heterocycles. The van der Waals surface area contributed by atoms with Gasteiger partial charge in [-0.25, -0.2) is 0 Å². The second kappa shape index (κ2) is 8.99. The van der Waals surface area contributed by atoms with Crippen LogP contribution in [0.3, 0.4) is 0 Å². The molecule has 0 unspecified atom stereocenters. The van der Waals surface area contributed by atoms with Gasteiger partial charge in [0.15, 0.2) is 0 Å². The third-order valence-corrected chi connectivity index (χ3v) is 4.03. The van der Waals surface area contributed by atoms with Crippen LogP contribution in [0, 0.1) is 6.92 Å². The van der Waals surface area contributed by atoms with Gasteiger partial charge in [0.2, 0.25) is 11.8 Å². The molecule has 25 heavy (non-hydrogen) atoms. The molecule has 0 aliphatic rings. The highest BCUT2D eigenvalue weighted by Crippen LogP contribution is 2.21. The van der Waals surface area contributed by atoms with Gasteiger partial charge in [-0.15, -0.1) is 0 Å². The fourth-order valence-corrected chi connectivity index (χ4v) is 2.86. The summed E-state index contributed by atoms with van der Waals surface area (Å²) < 4.78 is 0. The highest BCUT2D eigenvalue weighted by atomic mass is 16.2. The van der Waals surface area contributed by atoms with Gasteiger partial charge in [0.05, 0.1) is 6.54 Å². The number of aryl methyl sites for hydroxylation is 1. The van der Waals surface area contributed by atoms with Crippen LogP contribution >= 0.6 is 0 Å². The summed E-state index contributed by atoms with van der Waals surface area (Å²) in [6.45, 7) is 4.65. The third-order valence-electron chi connectivity index (χ3n) is 4.03. The average molecular weight is 339 g/mol. The van der Waals surface area contributed by atoms with E-state index in [2.05, 4.69) is 5.32 Å². The summed E-state index contributed by atoms with van der Waals surface area (Å²) >= 11 is 0. The van der Waals surface area contributed by atoms with Gasteiger partial charge in [-0.1, -0.05) is 55.5 Å².